The number of rotatable bonds is 9. The van der Waals surface area contributed by atoms with Crippen LogP contribution in [-0.4, -0.2) is 53.3 Å². The molecule has 7 heteroatoms. The number of para-hydroxylation sites is 1. The van der Waals surface area contributed by atoms with Gasteiger partial charge < -0.3 is 19.2 Å². The van der Waals surface area contributed by atoms with Crippen LogP contribution in [0.5, 0.6) is 11.5 Å². The number of nitrogens with one attached hydrogen (secondary N) is 1. The lowest BCUT2D eigenvalue weighted by atomic mass is 9.87. The zero-order chi connectivity index (χ0) is 25.7. The fourth-order valence-corrected chi connectivity index (χ4v) is 6.05. The topological polar surface area (TPSA) is 72.5 Å². The molecule has 38 heavy (non-hydrogen) atoms. The molecule has 7 nitrogen and oxygen atoms in total. The summed E-state index contributed by atoms with van der Waals surface area (Å²) in [5.74, 6) is 2.26. The van der Waals surface area contributed by atoms with Crippen molar-refractivity contribution in [3.05, 3.63) is 83.6 Å². The number of aryl methyl sites for hydroxylation is 1. The van der Waals surface area contributed by atoms with Crippen molar-refractivity contribution in [2.75, 3.05) is 33.4 Å². The molecule has 2 aromatic carbocycles. The number of benzene rings is 2. The minimum Gasteiger partial charge on any atom is -0.493 e. The smallest absolute Gasteiger partial charge is 0.161 e. The van der Waals surface area contributed by atoms with Gasteiger partial charge in [-0.3, -0.25) is 4.90 Å². The number of nitrogens with zero attached hydrogens (tertiary/aromatic N) is 3. The van der Waals surface area contributed by atoms with E-state index in [1.54, 1.807) is 19.5 Å². The third-order valence-electron chi connectivity index (χ3n) is 8.10. The SMILES string of the molecule is COc1cc2c(cc1OCc1cncnc1)CCN(CC1CCOCC1)C2CCc1c[nH]c2ccccc12. The molecule has 1 N–H and O–H groups in total. The van der Waals surface area contributed by atoms with Crippen LogP contribution in [0.25, 0.3) is 10.9 Å². The van der Waals surface area contributed by atoms with E-state index in [-0.39, 0.29) is 0 Å². The van der Waals surface area contributed by atoms with E-state index in [0.29, 0.717) is 18.6 Å². The van der Waals surface area contributed by atoms with Crippen LogP contribution < -0.4 is 9.47 Å². The second-order valence-electron chi connectivity index (χ2n) is 10.5. The molecule has 1 atom stereocenters. The molecule has 198 valence electrons. The molecule has 1 unspecified atom stereocenters. The Morgan fingerprint density at radius 2 is 1.92 bits per heavy atom. The number of H-pyrrole nitrogens is 1. The fraction of sp³-hybridized carbons (Fsp3) is 0.419. The number of fused-ring (bicyclic) bond motifs is 2. The molecule has 4 aromatic rings. The first-order valence-electron chi connectivity index (χ1n) is 13.7. The molecular weight excluding hydrogens is 476 g/mol. The van der Waals surface area contributed by atoms with Gasteiger partial charge in [0.2, 0.25) is 0 Å². The second-order valence-corrected chi connectivity index (χ2v) is 10.5. The quantitative estimate of drug-likeness (QED) is 0.319. The molecule has 2 aromatic heterocycles. The largest absolute Gasteiger partial charge is 0.493 e. The summed E-state index contributed by atoms with van der Waals surface area (Å²) in [5.41, 5.74) is 6.26. The number of aromatic amines is 1. The molecule has 1 saturated heterocycles. The van der Waals surface area contributed by atoms with Crippen LogP contribution in [0, 0.1) is 5.92 Å². The van der Waals surface area contributed by atoms with Crippen LogP contribution in [0.4, 0.5) is 0 Å². The summed E-state index contributed by atoms with van der Waals surface area (Å²) >= 11 is 0. The van der Waals surface area contributed by atoms with Gasteiger partial charge in [0.25, 0.3) is 0 Å². The van der Waals surface area contributed by atoms with Crippen LogP contribution in [0.1, 0.15) is 47.6 Å². The van der Waals surface area contributed by atoms with Crippen molar-refractivity contribution in [3.8, 4) is 11.5 Å². The molecule has 1 fully saturated rings. The molecular formula is C31H36N4O3. The zero-order valence-corrected chi connectivity index (χ0v) is 22.1. The van der Waals surface area contributed by atoms with Crippen LogP contribution in [0.15, 0.2) is 61.3 Å². The Kier molecular flexibility index (Phi) is 7.56. The third-order valence-corrected chi connectivity index (χ3v) is 8.10. The van der Waals surface area contributed by atoms with E-state index in [9.17, 15) is 0 Å². The van der Waals surface area contributed by atoms with Crippen molar-refractivity contribution in [1.82, 2.24) is 19.9 Å². The maximum absolute atomic E-state index is 6.19. The summed E-state index contributed by atoms with van der Waals surface area (Å²) < 4.78 is 17.7. The van der Waals surface area contributed by atoms with Crippen molar-refractivity contribution >= 4 is 10.9 Å². The van der Waals surface area contributed by atoms with Gasteiger partial charge >= 0.3 is 0 Å². The van der Waals surface area contributed by atoms with Gasteiger partial charge in [0, 0.05) is 67.4 Å². The highest BCUT2D eigenvalue weighted by molar-refractivity contribution is 5.83. The van der Waals surface area contributed by atoms with E-state index in [1.165, 1.54) is 33.9 Å². The van der Waals surface area contributed by atoms with Gasteiger partial charge in [0.1, 0.15) is 12.9 Å². The summed E-state index contributed by atoms with van der Waals surface area (Å²) in [5, 5.41) is 1.32. The molecule has 0 spiro atoms. The number of ether oxygens (including phenoxy) is 3. The summed E-state index contributed by atoms with van der Waals surface area (Å²) in [6.07, 6.45) is 12.7. The van der Waals surface area contributed by atoms with Gasteiger partial charge in [-0.05, 0) is 72.9 Å². The summed E-state index contributed by atoms with van der Waals surface area (Å²) in [7, 11) is 1.73. The number of hydrogen-bond acceptors (Lipinski definition) is 6. The Labute approximate surface area is 224 Å². The van der Waals surface area contributed by atoms with Crippen molar-refractivity contribution in [2.24, 2.45) is 5.92 Å². The van der Waals surface area contributed by atoms with Crippen LogP contribution >= 0.6 is 0 Å². The Morgan fingerprint density at radius 1 is 1.08 bits per heavy atom. The third kappa shape index (κ3) is 5.40. The van der Waals surface area contributed by atoms with Crippen LogP contribution in [0.3, 0.4) is 0 Å². The van der Waals surface area contributed by atoms with Crippen molar-refractivity contribution < 1.29 is 14.2 Å². The average molecular weight is 513 g/mol. The number of hydrogen-bond donors (Lipinski definition) is 1. The Morgan fingerprint density at radius 3 is 2.76 bits per heavy atom. The van der Waals surface area contributed by atoms with Gasteiger partial charge in [-0.1, -0.05) is 18.2 Å². The van der Waals surface area contributed by atoms with E-state index < -0.39 is 0 Å². The fourth-order valence-electron chi connectivity index (χ4n) is 6.05. The molecule has 2 aliphatic rings. The highest BCUT2D eigenvalue weighted by Crippen LogP contribution is 2.41. The lowest BCUT2D eigenvalue weighted by molar-refractivity contribution is 0.0423. The Hall–Kier alpha value is -3.42. The first kappa shape index (κ1) is 24.9. The van der Waals surface area contributed by atoms with Gasteiger partial charge in [0.05, 0.1) is 7.11 Å². The Bertz CT molecular complexity index is 1350. The van der Waals surface area contributed by atoms with Gasteiger partial charge in [-0.25, -0.2) is 9.97 Å². The minimum absolute atomic E-state index is 0.334. The van der Waals surface area contributed by atoms with Gasteiger partial charge in [-0.15, -0.1) is 0 Å². The lowest BCUT2D eigenvalue weighted by Gasteiger charge is -2.40. The molecule has 6 rings (SSSR count). The van der Waals surface area contributed by atoms with Crippen molar-refractivity contribution in [1.29, 1.82) is 0 Å². The minimum atomic E-state index is 0.334. The highest BCUT2D eigenvalue weighted by Gasteiger charge is 2.31. The highest BCUT2D eigenvalue weighted by atomic mass is 16.5. The predicted octanol–water partition coefficient (Wildman–Crippen LogP) is 5.50. The van der Waals surface area contributed by atoms with E-state index in [2.05, 4.69) is 62.4 Å². The number of aromatic nitrogens is 3. The van der Waals surface area contributed by atoms with Crippen molar-refractivity contribution in [3.63, 3.8) is 0 Å². The van der Waals surface area contributed by atoms with Gasteiger partial charge in [0.15, 0.2) is 11.5 Å². The molecule has 0 radical (unpaired) electrons. The monoisotopic (exact) mass is 512 g/mol. The maximum atomic E-state index is 6.19. The lowest BCUT2D eigenvalue weighted by Crippen LogP contribution is -2.40. The standard InChI is InChI=1S/C31H36N4O3/c1-36-30-15-27-24(14-31(30)38-20-23-16-32-21-33-17-23)8-11-35(19-22-9-12-37-13-10-22)29(27)7-6-25-18-34-28-5-3-2-4-26(25)28/h2-5,14-18,21-22,29,34H,6-13,19-20H2,1H3. The summed E-state index contributed by atoms with van der Waals surface area (Å²) in [6, 6.07) is 13.3. The van der Waals surface area contributed by atoms with Gasteiger partial charge in [-0.2, -0.15) is 0 Å². The Balaban J connectivity index is 1.27. The maximum Gasteiger partial charge on any atom is 0.161 e. The summed E-state index contributed by atoms with van der Waals surface area (Å²) in [4.78, 5) is 14.4. The van der Waals surface area contributed by atoms with Crippen LogP contribution in [0.2, 0.25) is 0 Å². The van der Waals surface area contributed by atoms with E-state index in [0.717, 1.165) is 75.5 Å². The summed E-state index contributed by atoms with van der Waals surface area (Å²) in [6.45, 7) is 4.36. The molecule has 0 saturated carbocycles. The van der Waals surface area contributed by atoms with Crippen LogP contribution in [-0.2, 0) is 24.2 Å². The first-order chi connectivity index (χ1) is 18.8. The van der Waals surface area contributed by atoms with E-state index in [1.807, 2.05) is 0 Å². The second kappa shape index (κ2) is 11.5. The normalized spacial score (nSPS) is 18.4. The molecule has 0 bridgehead atoms. The first-order valence-corrected chi connectivity index (χ1v) is 13.7. The van der Waals surface area contributed by atoms with E-state index in [4.69, 9.17) is 14.2 Å². The molecule has 0 aliphatic carbocycles. The predicted molar refractivity (Wildman–Crippen MR) is 148 cm³/mol. The van der Waals surface area contributed by atoms with E-state index >= 15 is 0 Å². The van der Waals surface area contributed by atoms with Crippen molar-refractivity contribution in [2.45, 2.75) is 44.8 Å². The average Bonchev–Trinajstić information content (AvgIpc) is 3.39. The number of methoxy groups -OCH3 is 1. The molecule has 0 amide bonds. The zero-order valence-electron chi connectivity index (χ0n) is 22.1. The molecule has 4 heterocycles. The molecule has 2 aliphatic heterocycles.